The lowest BCUT2D eigenvalue weighted by Gasteiger charge is -2.54. The third kappa shape index (κ3) is 6.61. The van der Waals surface area contributed by atoms with E-state index >= 15 is 0 Å². The second-order valence-electron chi connectivity index (χ2n) is 13.3. The highest BCUT2D eigenvalue weighted by atomic mass is 33.1. The first-order valence-electron chi connectivity index (χ1n) is 16.6. The van der Waals surface area contributed by atoms with Crippen LogP contribution in [0.5, 0.6) is 0 Å². The molecule has 4 aromatic carbocycles. The number of ether oxygens (including phenoxy) is 1. The van der Waals surface area contributed by atoms with Crippen molar-refractivity contribution in [3.05, 3.63) is 155 Å². The van der Waals surface area contributed by atoms with Gasteiger partial charge in [-0.3, -0.25) is 9.59 Å². The van der Waals surface area contributed by atoms with Crippen LogP contribution in [0.4, 0.5) is 0 Å². The molecule has 0 spiro atoms. The van der Waals surface area contributed by atoms with E-state index in [-0.39, 0.29) is 10.5 Å². The quantitative estimate of drug-likeness (QED) is 0.0523. The fraction of sp³-hybridized carbons (Fsp3) is 0.256. The van der Waals surface area contributed by atoms with Crippen LogP contribution >= 0.6 is 10.8 Å². The van der Waals surface area contributed by atoms with E-state index in [1.54, 1.807) is 63.2 Å². The van der Waals surface area contributed by atoms with E-state index in [1.165, 1.54) is 17.0 Å². The fourth-order valence-corrected chi connectivity index (χ4v) is 10.3. The van der Waals surface area contributed by atoms with E-state index in [2.05, 4.69) is 11.9 Å². The maximum Gasteiger partial charge on any atom is 0.334 e. The second kappa shape index (κ2) is 14.4. The van der Waals surface area contributed by atoms with Crippen molar-refractivity contribution in [2.24, 2.45) is 5.29 Å². The number of aryl methyl sites for hydroxylation is 1. The number of nitrogens with zero attached hydrogens (tertiary/aromatic N) is 4. The van der Waals surface area contributed by atoms with Crippen LogP contribution in [0, 0.1) is 11.8 Å². The molecule has 13 heteroatoms. The molecule has 0 radical (unpaired) electrons. The average molecular weight is 739 g/mol. The van der Waals surface area contributed by atoms with E-state index in [0.29, 0.717) is 27.5 Å². The molecule has 4 atom stereocenters. The van der Waals surface area contributed by atoms with E-state index < -0.39 is 61.9 Å². The molecule has 2 aliphatic rings. The van der Waals surface area contributed by atoms with Gasteiger partial charge in [-0.2, -0.15) is 0 Å². The van der Waals surface area contributed by atoms with E-state index in [4.69, 9.17) is 4.74 Å². The Balaban J connectivity index is 1.41. The molecule has 52 heavy (non-hydrogen) atoms. The van der Waals surface area contributed by atoms with Crippen molar-refractivity contribution in [1.29, 1.82) is 0 Å². The second-order valence-corrected chi connectivity index (χ2v) is 17.2. The zero-order valence-corrected chi connectivity index (χ0v) is 30.7. The Bertz CT molecular complexity index is 2060. The fourth-order valence-electron chi connectivity index (χ4n) is 6.76. The number of nitroso groups, excluding NO2 is 1. The zero-order valence-electron chi connectivity index (χ0n) is 29.0. The van der Waals surface area contributed by atoms with E-state index in [0.717, 1.165) is 15.5 Å². The highest BCUT2D eigenvalue weighted by molar-refractivity contribution is 8.72. The van der Waals surface area contributed by atoms with Crippen LogP contribution in [-0.4, -0.2) is 64.1 Å². The first-order chi connectivity index (χ1) is 24.8. The molecule has 2 aliphatic heterocycles. The van der Waals surface area contributed by atoms with Crippen LogP contribution < -0.4 is 0 Å². The molecule has 2 saturated heterocycles. The molecule has 0 aromatic heterocycles. The van der Waals surface area contributed by atoms with Crippen molar-refractivity contribution in [3.8, 4) is 0 Å². The van der Waals surface area contributed by atoms with Gasteiger partial charge in [0.1, 0.15) is 17.1 Å². The van der Waals surface area contributed by atoms with Crippen molar-refractivity contribution in [3.63, 3.8) is 0 Å². The maximum atomic E-state index is 14.5. The Morgan fingerprint density at radius 1 is 0.846 bits per heavy atom. The monoisotopic (exact) mass is 738 g/mol. The molecular weight excluding hydrogens is 701 g/mol. The third-order valence-corrected chi connectivity index (χ3v) is 13.1. The molecule has 2 fully saturated rings. The summed E-state index contributed by atoms with van der Waals surface area (Å²) in [6, 6.07) is 29.0. The minimum Gasteiger partial charge on any atom is -0.451 e. The van der Waals surface area contributed by atoms with Crippen LogP contribution in [0.2, 0.25) is 0 Å². The number of hydrogen-bond acceptors (Lipinski definition) is 9. The summed E-state index contributed by atoms with van der Waals surface area (Å²) < 4.78 is 34.2. The summed E-state index contributed by atoms with van der Waals surface area (Å²) in [5, 5.41) is 2.96. The molecule has 0 aliphatic carbocycles. The molecule has 11 nitrogen and oxygen atoms in total. The number of carbonyl (C=O) groups excluding carboxylic acids is 3. The molecule has 0 saturated carbocycles. The maximum absolute atomic E-state index is 14.5. The number of amides is 2. The highest BCUT2D eigenvalue weighted by Crippen LogP contribution is 2.49. The SMILES string of the molecule is C=C(C)C(C(=O)OC(c1ccccc1)c1ccccc1)N1C(=O)C(N2C(=O)C(c3ccccc3)N(N=O)C2(C)C)C1SS(=O)(=O)c1ccc(C)cc1. The van der Waals surface area contributed by atoms with Gasteiger partial charge in [-0.25, -0.2) is 18.2 Å². The zero-order chi connectivity index (χ0) is 37.4. The summed E-state index contributed by atoms with van der Waals surface area (Å²) in [5.74, 6) is -2.16. The van der Waals surface area contributed by atoms with Crippen LogP contribution in [0.25, 0.3) is 0 Å². The summed E-state index contributed by atoms with van der Waals surface area (Å²) in [4.78, 5) is 57.8. The molecule has 0 bridgehead atoms. The topological polar surface area (TPSA) is 134 Å². The number of benzene rings is 4. The molecule has 268 valence electrons. The lowest BCUT2D eigenvalue weighted by Crippen LogP contribution is -2.75. The molecule has 2 heterocycles. The van der Waals surface area contributed by atoms with Gasteiger partial charge in [0.05, 0.1) is 10.2 Å². The Kier molecular flexibility index (Phi) is 10.1. The van der Waals surface area contributed by atoms with Gasteiger partial charge in [-0.05, 0) is 62.1 Å². The first-order valence-corrected chi connectivity index (χ1v) is 19.4. The van der Waals surface area contributed by atoms with Gasteiger partial charge in [0.2, 0.25) is 8.87 Å². The van der Waals surface area contributed by atoms with Gasteiger partial charge in [-0.15, -0.1) is 4.91 Å². The van der Waals surface area contributed by atoms with Crippen molar-refractivity contribution in [1.82, 2.24) is 14.8 Å². The molecule has 4 aromatic rings. The Morgan fingerprint density at radius 3 is 1.87 bits per heavy atom. The van der Waals surface area contributed by atoms with Crippen molar-refractivity contribution in [2.75, 3.05) is 0 Å². The lowest BCUT2D eigenvalue weighted by molar-refractivity contribution is -0.174. The van der Waals surface area contributed by atoms with Crippen LogP contribution in [0.1, 0.15) is 55.2 Å². The summed E-state index contributed by atoms with van der Waals surface area (Å²) in [6.07, 6.45) is -0.857. The largest absolute Gasteiger partial charge is 0.451 e. The number of hydrogen-bond donors (Lipinski definition) is 0. The minimum absolute atomic E-state index is 0.0193. The summed E-state index contributed by atoms with van der Waals surface area (Å²) in [5.41, 5.74) is 1.43. The van der Waals surface area contributed by atoms with Gasteiger partial charge >= 0.3 is 5.97 Å². The number of rotatable bonds is 12. The average Bonchev–Trinajstić information content (AvgIpc) is 3.33. The first kappa shape index (κ1) is 36.5. The predicted molar refractivity (Wildman–Crippen MR) is 198 cm³/mol. The third-order valence-electron chi connectivity index (χ3n) is 9.34. The smallest absolute Gasteiger partial charge is 0.334 e. The van der Waals surface area contributed by atoms with E-state index in [9.17, 15) is 27.7 Å². The van der Waals surface area contributed by atoms with Gasteiger partial charge in [0.15, 0.2) is 18.2 Å². The summed E-state index contributed by atoms with van der Waals surface area (Å²) >= 11 is 0. The predicted octanol–water partition coefficient (Wildman–Crippen LogP) is 6.53. The van der Waals surface area contributed by atoms with Crippen LogP contribution in [0.15, 0.2) is 138 Å². The Morgan fingerprint density at radius 2 is 1.37 bits per heavy atom. The van der Waals surface area contributed by atoms with Gasteiger partial charge in [0.25, 0.3) is 11.8 Å². The van der Waals surface area contributed by atoms with Gasteiger partial charge < -0.3 is 14.5 Å². The lowest BCUT2D eigenvalue weighted by atomic mass is 9.95. The number of esters is 1. The Hall–Kier alpha value is -5.27. The number of carbonyl (C=O) groups is 3. The standard InChI is InChI=1S/C39H38N4O7S2/c1-25(2)31(38(46)50-34(28-17-11-7-12-18-28)29-19-13-8-14-20-29)41-35(44)33(37(41)51-52(48,49)30-23-21-26(3)22-24-30)42-36(45)32(27-15-9-6-10-16-27)43(40-47)39(42,4)5/h6-24,31-34,37H,1H2,2-5H3. The Labute approximate surface area is 306 Å². The van der Waals surface area contributed by atoms with Crippen molar-refractivity contribution >= 4 is 37.4 Å². The molecular formula is C39H38N4O7S2. The van der Waals surface area contributed by atoms with Crippen LogP contribution in [-0.2, 0) is 28.0 Å². The van der Waals surface area contributed by atoms with Gasteiger partial charge in [0, 0.05) is 10.8 Å². The van der Waals surface area contributed by atoms with Gasteiger partial charge in [-0.1, -0.05) is 115 Å². The molecule has 0 N–H and O–H groups in total. The number of β-lactam (4-membered cyclic amide) rings is 1. The normalized spacial score (nSPS) is 20.4. The van der Waals surface area contributed by atoms with Crippen molar-refractivity contribution in [2.45, 2.75) is 67.9 Å². The molecule has 2 amide bonds. The summed E-state index contributed by atoms with van der Waals surface area (Å²) in [6.45, 7) is 10.5. The van der Waals surface area contributed by atoms with Crippen LogP contribution in [0.3, 0.4) is 0 Å². The summed E-state index contributed by atoms with van der Waals surface area (Å²) in [7, 11) is -3.74. The molecule has 6 rings (SSSR count). The molecule has 4 unspecified atom stereocenters. The minimum atomic E-state index is -4.19. The highest BCUT2D eigenvalue weighted by Gasteiger charge is 2.65. The number of likely N-dealkylation sites (tertiary alicyclic amines) is 1. The van der Waals surface area contributed by atoms with Crippen molar-refractivity contribution < 1.29 is 27.5 Å². The van der Waals surface area contributed by atoms with E-state index in [1.807, 2.05) is 67.6 Å².